The molecule has 7 nitrogen and oxygen atoms in total. The third kappa shape index (κ3) is 3.48. The largest absolute Gasteiger partial charge is 0.361 e. The Morgan fingerprint density at radius 3 is 2.48 bits per heavy atom. The van der Waals surface area contributed by atoms with E-state index in [2.05, 4.69) is 17.3 Å². The summed E-state index contributed by atoms with van der Waals surface area (Å²) < 4.78 is 5.41. The van der Waals surface area contributed by atoms with Gasteiger partial charge in [-0.25, -0.2) is 0 Å². The molecule has 0 spiro atoms. The number of rotatable bonds is 7. The van der Waals surface area contributed by atoms with E-state index in [1.165, 1.54) is 4.90 Å². The summed E-state index contributed by atoms with van der Waals surface area (Å²) in [6.45, 7) is 0.344. The molecule has 1 aromatic carbocycles. The number of allylic oxidation sites excluding steroid dienone is 2. The number of imide groups is 1. The van der Waals surface area contributed by atoms with Crippen molar-refractivity contribution in [3.63, 3.8) is 0 Å². The van der Waals surface area contributed by atoms with Gasteiger partial charge in [0.05, 0.1) is 11.8 Å². The molecule has 1 aliphatic heterocycles. The van der Waals surface area contributed by atoms with Crippen LogP contribution in [0.5, 0.6) is 0 Å². The maximum Gasteiger partial charge on any atom is 0.242 e. The number of likely N-dealkylation sites (tertiary alicyclic amines) is 1. The summed E-state index contributed by atoms with van der Waals surface area (Å²) in [5.74, 6) is -0.00649. The van der Waals surface area contributed by atoms with Gasteiger partial charge in [0.2, 0.25) is 17.7 Å². The van der Waals surface area contributed by atoms with Crippen molar-refractivity contribution in [2.24, 2.45) is 23.7 Å². The van der Waals surface area contributed by atoms with Crippen LogP contribution in [0.25, 0.3) is 11.3 Å². The molecule has 1 aromatic heterocycles. The molecule has 2 bridgehead atoms. The van der Waals surface area contributed by atoms with Crippen LogP contribution in [0.4, 0.5) is 0 Å². The van der Waals surface area contributed by atoms with Crippen LogP contribution < -0.4 is 0 Å². The van der Waals surface area contributed by atoms with Crippen LogP contribution in [0.1, 0.15) is 18.6 Å². The van der Waals surface area contributed by atoms with Crippen LogP contribution in [0, 0.1) is 23.7 Å². The van der Waals surface area contributed by atoms with Crippen molar-refractivity contribution in [3.8, 4) is 11.3 Å². The Morgan fingerprint density at radius 1 is 1.13 bits per heavy atom. The highest BCUT2D eigenvalue weighted by molar-refractivity contribution is 6.08. The van der Waals surface area contributed by atoms with Gasteiger partial charge in [0.15, 0.2) is 0 Å². The minimum Gasteiger partial charge on any atom is -0.361 e. The fraction of sp³-hybridized carbons (Fsp3) is 0.417. The molecular formula is C24H25N3O4. The number of amides is 3. The monoisotopic (exact) mass is 419 g/mol. The van der Waals surface area contributed by atoms with Crippen molar-refractivity contribution in [1.82, 2.24) is 15.0 Å². The zero-order chi connectivity index (χ0) is 21.5. The van der Waals surface area contributed by atoms with E-state index in [1.54, 1.807) is 11.9 Å². The third-order valence-corrected chi connectivity index (χ3v) is 6.83. The second-order valence-electron chi connectivity index (χ2n) is 8.73. The van der Waals surface area contributed by atoms with E-state index < -0.39 is 0 Å². The fourth-order valence-electron chi connectivity index (χ4n) is 5.17. The molecule has 1 saturated heterocycles. The standard InChI is InChI=1S/C24H25N3O4/c1-26(11-5-8-18-13-19(25-31-18)15-6-3-2-4-7-15)20(28)14-27-23(29)21-16-9-10-17(12-16)22(21)24(27)30/h2-4,6-7,9-10,13,16-17,21-22H,5,8,11-12,14H2,1H3. The first-order valence-corrected chi connectivity index (χ1v) is 10.8. The molecule has 7 heteroatoms. The van der Waals surface area contributed by atoms with Gasteiger partial charge in [0, 0.05) is 31.6 Å². The molecule has 4 unspecified atom stereocenters. The number of carbonyl (C=O) groups is 3. The number of likely N-dealkylation sites (N-methyl/N-ethyl adjacent to an activating group) is 1. The molecule has 2 aliphatic carbocycles. The summed E-state index contributed by atoms with van der Waals surface area (Å²) >= 11 is 0. The van der Waals surface area contributed by atoms with Crippen molar-refractivity contribution in [2.45, 2.75) is 19.3 Å². The highest BCUT2D eigenvalue weighted by atomic mass is 16.5. The van der Waals surface area contributed by atoms with Gasteiger partial charge < -0.3 is 9.42 Å². The molecule has 3 aliphatic rings. The molecular weight excluding hydrogens is 394 g/mol. The molecule has 160 valence electrons. The van der Waals surface area contributed by atoms with Crippen LogP contribution in [0.2, 0.25) is 0 Å². The number of aryl methyl sites for hydroxylation is 1. The van der Waals surface area contributed by atoms with Crippen molar-refractivity contribution in [1.29, 1.82) is 0 Å². The molecule has 2 aromatic rings. The van der Waals surface area contributed by atoms with E-state index in [0.717, 1.165) is 23.4 Å². The highest BCUT2D eigenvalue weighted by Gasteiger charge is 2.59. The van der Waals surface area contributed by atoms with Crippen LogP contribution in [-0.2, 0) is 20.8 Å². The van der Waals surface area contributed by atoms with Gasteiger partial charge in [-0.1, -0.05) is 47.6 Å². The van der Waals surface area contributed by atoms with E-state index in [-0.39, 0.29) is 47.9 Å². The maximum absolute atomic E-state index is 12.7. The van der Waals surface area contributed by atoms with Gasteiger partial charge in [0.1, 0.15) is 18.0 Å². The lowest BCUT2D eigenvalue weighted by Crippen LogP contribution is -2.42. The van der Waals surface area contributed by atoms with Gasteiger partial charge in [-0.2, -0.15) is 0 Å². The number of fused-ring (bicyclic) bond motifs is 5. The fourth-order valence-corrected chi connectivity index (χ4v) is 5.17. The summed E-state index contributed by atoms with van der Waals surface area (Å²) in [5.41, 5.74) is 1.79. The maximum atomic E-state index is 12.7. The van der Waals surface area contributed by atoms with E-state index in [4.69, 9.17) is 4.52 Å². The van der Waals surface area contributed by atoms with Crippen molar-refractivity contribution < 1.29 is 18.9 Å². The van der Waals surface area contributed by atoms with Crippen LogP contribution >= 0.6 is 0 Å². The molecule has 3 amide bonds. The number of carbonyl (C=O) groups excluding carboxylic acids is 3. The Kier molecular flexibility index (Phi) is 4.96. The summed E-state index contributed by atoms with van der Waals surface area (Å²) in [6, 6.07) is 11.7. The zero-order valence-electron chi connectivity index (χ0n) is 17.4. The highest BCUT2D eigenvalue weighted by Crippen LogP contribution is 2.52. The summed E-state index contributed by atoms with van der Waals surface area (Å²) in [5, 5.41) is 4.11. The average Bonchev–Trinajstić information content (AvgIpc) is 3.56. The van der Waals surface area contributed by atoms with Crippen molar-refractivity contribution >= 4 is 17.7 Å². The van der Waals surface area contributed by atoms with Gasteiger partial charge >= 0.3 is 0 Å². The SMILES string of the molecule is CN(CCCc1cc(-c2ccccc2)no1)C(=O)CN1C(=O)C2C3C=CC(C3)C2C1=O. The van der Waals surface area contributed by atoms with Crippen LogP contribution in [0.3, 0.4) is 0 Å². The van der Waals surface area contributed by atoms with E-state index >= 15 is 0 Å². The number of hydrogen-bond acceptors (Lipinski definition) is 5. The van der Waals surface area contributed by atoms with Crippen LogP contribution in [-0.4, -0.2) is 52.8 Å². The molecule has 2 heterocycles. The van der Waals surface area contributed by atoms with Gasteiger partial charge in [-0.05, 0) is 24.7 Å². The molecule has 0 N–H and O–H groups in total. The number of hydrogen-bond donors (Lipinski definition) is 0. The lowest BCUT2D eigenvalue weighted by atomic mass is 9.85. The first kappa shape index (κ1) is 19.7. The predicted octanol–water partition coefficient (Wildman–Crippen LogP) is 2.54. The predicted molar refractivity (Wildman–Crippen MR) is 112 cm³/mol. The zero-order valence-corrected chi connectivity index (χ0v) is 17.4. The number of nitrogens with zero attached hydrogens (tertiary/aromatic N) is 3. The Morgan fingerprint density at radius 2 is 1.81 bits per heavy atom. The Balaban J connectivity index is 1.12. The minimum atomic E-state index is -0.258. The second kappa shape index (κ2) is 7.80. The first-order chi connectivity index (χ1) is 15.0. The summed E-state index contributed by atoms with van der Waals surface area (Å²) in [6.07, 6.45) is 6.36. The summed E-state index contributed by atoms with van der Waals surface area (Å²) in [7, 11) is 1.70. The van der Waals surface area contributed by atoms with Crippen molar-refractivity contribution in [2.75, 3.05) is 20.1 Å². The van der Waals surface area contributed by atoms with E-state index in [1.807, 2.05) is 36.4 Å². The lowest BCUT2D eigenvalue weighted by molar-refractivity contribution is -0.146. The third-order valence-electron chi connectivity index (χ3n) is 6.83. The topological polar surface area (TPSA) is 83.7 Å². The Labute approximate surface area is 180 Å². The molecule has 4 atom stereocenters. The smallest absolute Gasteiger partial charge is 0.242 e. The average molecular weight is 419 g/mol. The molecule has 0 radical (unpaired) electrons. The number of aromatic nitrogens is 1. The molecule has 1 saturated carbocycles. The van der Waals surface area contributed by atoms with E-state index in [0.29, 0.717) is 19.4 Å². The van der Waals surface area contributed by atoms with Gasteiger partial charge in [-0.15, -0.1) is 0 Å². The quantitative estimate of drug-likeness (QED) is 0.509. The lowest BCUT2D eigenvalue weighted by Gasteiger charge is -2.21. The number of benzene rings is 1. The van der Waals surface area contributed by atoms with Gasteiger partial charge in [-0.3, -0.25) is 19.3 Å². The molecule has 2 fully saturated rings. The van der Waals surface area contributed by atoms with Crippen LogP contribution in [0.15, 0.2) is 53.1 Å². The normalized spacial score (nSPS) is 26.0. The molecule has 5 rings (SSSR count). The first-order valence-electron chi connectivity index (χ1n) is 10.8. The van der Waals surface area contributed by atoms with Gasteiger partial charge in [0.25, 0.3) is 0 Å². The Hall–Kier alpha value is -3.22. The summed E-state index contributed by atoms with van der Waals surface area (Å²) in [4.78, 5) is 40.9. The Bertz CT molecular complexity index is 1010. The second-order valence-corrected chi connectivity index (χ2v) is 8.73. The molecule has 31 heavy (non-hydrogen) atoms. The van der Waals surface area contributed by atoms with E-state index in [9.17, 15) is 14.4 Å². The van der Waals surface area contributed by atoms with Crippen molar-refractivity contribution in [3.05, 3.63) is 54.3 Å². The minimum absolute atomic E-state index is 0.159.